The highest BCUT2D eigenvalue weighted by molar-refractivity contribution is 5.94. The predicted octanol–water partition coefficient (Wildman–Crippen LogP) is 10.9. The number of hydrogen-bond acceptors (Lipinski definition) is 6. The second-order valence-corrected chi connectivity index (χ2v) is 12.5. The lowest BCUT2D eigenvalue weighted by molar-refractivity contribution is -0.122. The molecule has 57 heavy (non-hydrogen) atoms. The van der Waals surface area contributed by atoms with Crippen LogP contribution in [-0.4, -0.2) is 65.4 Å². The number of rotatable bonds is 19. The van der Waals surface area contributed by atoms with E-state index in [1.165, 1.54) is 23.6 Å². The smallest absolute Gasteiger partial charge is 0.271 e. The molecule has 2 amide bonds. The number of terminal acetylenes is 1. The van der Waals surface area contributed by atoms with Crippen LogP contribution in [0.1, 0.15) is 174 Å². The van der Waals surface area contributed by atoms with Gasteiger partial charge in [0, 0.05) is 25.8 Å². The molecule has 0 saturated heterocycles. The van der Waals surface area contributed by atoms with Gasteiger partial charge in [-0.3, -0.25) is 19.1 Å². The van der Waals surface area contributed by atoms with Crippen molar-refractivity contribution < 1.29 is 24.2 Å². The summed E-state index contributed by atoms with van der Waals surface area (Å²) in [4.78, 5) is 36.1. The third-order valence-electron chi connectivity index (χ3n) is 7.40. The fourth-order valence-corrected chi connectivity index (χ4v) is 4.69. The molecule has 0 bridgehead atoms. The molecule has 1 fully saturated rings. The standard InChI is InChI=1S/C21H34N4O3.C9H12O.C8H16O.C3H8.C3H6.C2H6.C2H2/c1-3-5-9-16(4-2)13-22-21(28)19-12-18(15-26)25(24-19)14-20(27)23-17-10-7-6-8-11-17;1-2-3-4-5-6-7-8-9-10;1-3-5-6-8-9-7-4-2;2*1-3-2;2*1-2/h12,15-17H,3-11,13-14H2,1-2H3,(H,22,28)(H,23,27);4-7,10H,8-9H2,1H3;3,5H,4,6-8H2,1-2H3;3H2,1-2H3;3H,1H2,2H3;1-2H3;1-2H/b;5-4-,7-6-;5-3-;;;;. The number of carbonyl (C=O) groups is 3. The van der Waals surface area contributed by atoms with Crippen LogP contribution >= 0.6 is 0 Å². The Labute approximate surface area is 350 Å². The minimum absolute atomic E-state index is 0.0497. The maximum Gasteiger partial charge on any atom is 0.271 e. The molecule has 1 aliphatic carbocycles. The molecule has 2 rings (SSSR count). The number of unbranched alkanes of at least 4 members (excludes halogenated alkanes) is 1. The van der Waals surface area contributed by atoms with E-state index in [2.05, 4.69) is 93.8 Å². The largest absolute Gasteiger partial charge is 0.396 e. The first kappa shape index (κ1) is 62.0. The van der Waals surface area contributed by atoms with E-state index in [0.717, 1.165) is 77.4 Å². The highest BCUT2D eigenvalue weighted by Gasteiger charge is 2.19. The third kappa shape index (κ3) is 44.4. The Kier molecular flexibility index (Phi) is 58.7. The molecule has 1 aliphatic rings. The zero-order valence-corrected chi connectivity index (χ0v) is 37.9. The van der Waals surface area contributed by atoms with Crippen LogP contribution in [0.5, 0.6) is 0 Å². The first-order valence-corrected chi connectivity index (χ1v) is 21.3. The summed E-state index contributed by atoms with van der Waals surface area (Å²) in [6.45, 7) is 26.3. The van der Waals surface area contributed by atoms with E-state index >= 15 is 0 Å². The van der Waals surface area contributed by atoms with Gasteiger partial charge in [-0.1, -0.05) is 136 Å². The summed E-state index contributed by atoms with van der Waals surface area (Å²) >= 11 is 0. The molecule has 1 aromatic heterocycles. The molecule has 0 aromatic carbocycles. The van der Waals surface area contributed by atoms with E-state index in [1.807, 2.05) is 45.9 Å². The Bertz CT molecular complexity index is 1210. The van der Waals surface area contributed by atoms with E-state index in [9.17, 15) is 14.4 Å². The van der Waals surface area contributed by atoms with Gasteiger partial charge < -0.3 is 20.5 Å². The summed E-state index contributed by atoms with van der Waals surface area (Å²) in [5.74, 6) is 5.49. The molecular weight excluding hydrogens is 713 g/mol. The van der Waals surface area contributed by atoms with Gasteiger partial charge in [0.1, 0.15) is 12.2 Å². The lowest BCUT2D eigenvalue weighted by Gasteiger charge is -2.22. The molecule has 1 heterocycles. The second kappa shape index (κ2) is 53.9. The van der Waals surface area contributed by atoms with Crippen LogP contribution in [0.25, 0.3) is 0 Å². The van der Waals surface area contributed by atoms with Crippen LogP contribution in [0.2, 0.25) is 0 Å². The predicted molar refractivity (Wildman–Crippen MR) is 245 cm³/mol. The van der Waals surface area contributed by atoms with Gasteiger partial charge in [0.15, 0.2) is 12.0 Å². The van der Waals surface area contributed by atoms with Crippen molar-refractivity contribution in [2.75, 3.05) is 26.4 Å². The van der Waals surface area contributed by atoms with Crippen molar-refractivity contribution in [1.29, 1.82) is 0 Å². The Morgan fingerprint density at radius 3 is 2.18 bits per heavy atom. The molecule has 1 aromatic rings. The lowest BCUT2D eigenvalue weighted by atomic mass is 9.95. The van der Waals surface area contributed by atoms with E-state index in [4.69, 9.17) is 9.84 Å². The molecule has 326 valence electrons. The normalized spacial score (nSPS) is 11.9. The topological polar surface area (TPSA) is 123 Å². The monoisotopic (exact) mass is 797 g/mol. The van der Waals surface area contributed by atoms with Gasteiger partial charge in [0.25, 0.3) is 5.91 Å². The fraction of sp³-hybridized carbons (Fsp3) is 0.625. The number of ether oxygens (including phenoxy) is 1. The summed E-state index contributed by atoms with van der Waals surface area (Å²) in [6, 6.07) is 1.65. The zero-order chi connectivity index (χ0) is 44.4. The number of aliphatic hydroxyl groups excluding tert-OH is 1. The maximum absolute atomic E-state index is 12.4. The van der Waals surface area contributed by atoms with Gasteiger partial charge in [0.05, 0.1) is 6.61 Å². The van der Waals surface area contributed by atoms with Gasteiger partial charge >= 0.3 is 0 Å². The van der Waals surface area contributed by atoms with E-state index in [-0.39, 0.29) is 42.4 Å². The van der Waals surface area contributed by atoms with E-state index < -0.39 is 0 Å². The Hall–Kier alpha value is -4.18. The van der Waals surface area contributed by atoms with Crippen molar-refractivity contribution in [2.45, 2.75) is 165 Å². The number of amides is 2. The summed E-state index contributed by atoms with van der Waals surface area (Å²) < 4.78 is 6.55. The molecule has 0 radical (unpaired) electrons. The molecular formula is C48H84N4O5. The molecule has 3 N–H and O–H groups in total. The van der Waals surface area contributed by atoms with Crippen LogP contribution < -0.4 is 10.6 Å². The van der Waals surface area contributed by atoms with Crippen molar-refractivity contribution in [1.82, 2.24) is 20.4 Å². The molecule has 9 nitrogen and oxygen atoms in total. The van der Waals surface area contributed by atoms with Gasteiger partial charge in [-0.05, 0) is 77.4 Å². The molecule has 9 heteroatoms. The summed E-state index contributed by atoms with van der Waals surface area (Å²) in [7, 11) is 0. The number of allylic oxidation sites excluding steroid dienone is 5. The SMILES string of the molecule is C#C.C/C=C\CCOCCC.C=CC.CC.CC#C/C=C\C=C/CCO.CCC.CCCCC(CC)CNC(=O)c1cc(C=O)n(CC(=O)NC2CCCCC2)n1. The number of nitrogens with zero attached hydrogens (tertiary/aromatic N) is 2. The average molecular weight is 797 g/mol. The third-order valence-corrected chi connectivity index (χ3v) is 7.40. The minimum Gasteiger partial charge on any atom is -0.396 e. The van der Waals surface area contributed by atoms with Crippen molar-refractivity contribution in [3.63, 3.8) is 0 Å². The number of carbonyl (C=O) groups excluding carboxylic acids is 3. The average Bonchev–Trinajstić information content (AvgIpc) is 3.64. The van der Waals surface area contributed by atoms with Crippen LogP contribution in [-0.2, 0) is 16.1 Å². The van der Waals surface area contributed by atoms with Crippen molar-refractivity contribution in [3.05, 3.63) is 66.6 Å². The Morgan fingerprint density at radius 2 is 1.67 bits per heavy atom. The highest BCUT2D eigenvalue weighted by Crippen LogP contribution is 2.17. The quantitative estimate of drug-likeness (QED) is 0.0421. The molecule has 0 spiro atoms. The van der Waals surface area contributed by atoms with Gasteiger partial charge in [-0.15, -0.1) is 25.3 Å². The zero-order valence-electron chi connectivity index (χ0n) is 37.9. The molecule has 1 atom stereocenters. The first-order chi connectivity index (χ1) is 27.7. The Balaban J connectivity index is -0.000000255. The van der Waals surface area contributed by atoms with E-state index in [1.54, 1.807) is 19.1 Å². The van der Waals surface area contributed by atoms with Crippen molar-refractivity contribution in [2.24, 2.45) is 5.92 Å². The lowest BCUT2D eigenvalue weighted by Crippen LogP contribution is -2.38. The highest BCUT2D eigenvalue weighted by atomic mass is 16.5. The van der Waals surface area contributed by atoms with Gasteiger partial charge in [-0.2, -0.15) is 5.10 Å². The first-order valence-electron chi connectivity index (χ1n) is 21.3. The maximum atomic E-state index is 12.4. The summed E-state index contributed by atoms with van der Waals surface area (Å²) in [5, 5.41) is 18.5. The molecule has 1 saturated carbocycles. The number of aldehydes is 1. The number of nitrogens with one attached hydrogen (secondary N) is 2. The van der Waals surface area contributed by atoms with Crippen LogP contribution in [0.4, 0.5) is 0 Å². The summed E-state index contributed by atoms with van der Waals surface area (Å²) in [5.41, 5.74) is 0.417. The minimum atomic E-state index is -0.301. The fourth-order valence-electron chi connectivity index (χ4n) is 4.69. The number of aliphatic hydroxyl groups is 1. The molecule has 0 aliphatic heterocycles. The number of aromatic nitrogens is 2. The summed E-state index contributed by atoms with van der Waals surface area (Å²) in [6.07, 6.45) is 35.9. The van der Waals surface area contributed by atoms with Crippen LogP contribution in [0.3, 0.4) is 0 Å². The second-order valence-electron chi connectivity index (χ2n) is 12.5. The Morgan fingerprint density at radius 1 is 1.04 bits per heavy atom. The van der Waals surface area contributed by atoms with Gasteiger partial charge in [-0.25, -0.2) is 0 Å². The number of hydrogen-bond donors (Lipinski definition) is 3. The van der Waals surface area contributed by atoms with Crippen molar-refractivity contribution in [3.8, 4) is 24.7 Å². The van der Waals surface area contributed by atoms with Gasteiger partial charge in [0.2, 0.25) is 5.91 Å². The van der Waals surface area contributed by atoms with Crippen LogP contribution in [0.15, 0.2) is 55.2 Å². The van der Waals surface area contributed by atoms with Crippen LogP contribution in [0, 0.1) is 30.6 Å². The van der Waals surface area contributed by atoms with E-state index in [0.29, 0.717) is 25.2 Å². The van der Waals surface area contributed by atoms with Crippen molar-refractivity contribution >= 4 is 18.1 Å². The molecule has 1 unspecified atom stereocenters.